The summed E-state index contributed by atoms with van der Waals surface area (Å²) >= 11 is 5.85. The molecule has 0 saturated carbocycles. The smallest absolute Gasteiger partial charge is 0.338 e. The highest BCUT2D eigenvalue weighted by Crippen LogP contribution is 2.12. The number of amides is 1. The highest BCUT2D eigenvalue weighted by molar-refractivity contribution is 6.30. The Morgan fingerprint density at radius 1 is 1.07 bits per heavy atom. The van der Waals surface area contributed by atoms with Gasteiger partial charge in [-0.3, -0.25) is 4.79 Å². The van der Waals surface area contributed by atoms with Crippen LogP contribution in [0, 0.1) is 0 Å². The summed E-state index contributed by atoms with van der Waals surface area (Å²) in [7, 11) is 0. The summed E-state index contributed by atoms with van der Waals surface area (Å²) in [6, 6.07) is 13.1. The second-order valence-electron chi connectivity index (χ2n) is 5.34. The minimum absolute atomic E-state index is 0.286. The van der Waals surface area contributed by atoms with Gasteiger partial charge in [-0.2, -0.15) is 0 Å². The van der Waals surface area contributed by atoms with E-state index in [4.69, 9.17) is 21.1 Å². The fourth-order valence-corrected chi connectivity index (χ4v) is 2.26. The van der Waals surface area contributed by atoms with Crippen molar-refractivity contribution >= 4 is 41.2 Å². The van der Waals surface area contributed by atoms with Gasteiger partial charge in [0, 0.05) is 16.8 Å². The van der Waals surface area contributed by atoms with E-state index in [0.29, 0.717) is 16.3 Å². The number of rotatable bonds is 7. The Kier molecular flexibility index (Phi) is 7.58. The number of halogens is 1. The van der Waals surface area contributed by atoms with Gasteiger partial charge in [-0.1, -0.05) is 23.7 Å². The van der Waals surface area contributed by atoms with Crippen molar-refractivity contribution in [3.63, 3.8) is 0 Å². The number of anilines is 1. The molecule has 27 heavy (non-hydrogen) atoms. The van der Waals surface area contributed by atoms with E-state index in [-0.39, 0.29) is 6.61 Å². The third-order valence-electron chi connectivity index (χ3n) is 3.29. The van der Waals surface area contributed by atoms with Crippen molar-refractivity contribution in [2.24, 2.45) is 0 Å². The van der Waals surface area contributed by atoms with Crippen molar-refractivity contribution in [1.82, 2.24) is 0 Å². The highest BCUT2D eigenvalue weighted by Gasteiger charge is 2.08. The predicted molar refractivity (Wildman–Crippen MR) is 102 cm³/mol. The SMILES string of the molecule is CCOC(=O)c1ccc(NC(=O)COC(=O)/C=C/c2cccc(Cl)c2)cc1. The van der Waals surface area contributed by atoms with Crippen LogP contribution in [-0.4, -0.2) is 31.1 Å². The molecule has 0 bridgehead atoms. The van der Waals surface area contributed by atoms with Crippen molar-refractivity contribution in [2.45, 2.75) is 6.92 Å². The lowest BCUT2D eigenvalue weighted by molar-refractivity contribution is -0.142. The molecule has 0 aliphatic rings. The van der Waals surface area contributed by atoms with Gasteiger partial charge in [0.25, 0.3) is 5.91 Å². The number of esters is 2. The van der Waals surface area contributed by atoms with Crippen LogP contribution in [-0.2, 0) is 19.1 Å². The summed E-state index contributed by atoms with van der Waals surface area (Å²) in [5, 5.41) is 3.12. The van der Waals surface area contributed by atoms with Crippen LogP contribution < -0.4 is 5.32 Å². The Hall–Kier alpha value is -3.12. The van der Waals surface area contributed by atoms with Crippen molar-refractivity contribution in [3.8, 4) is 0 Å². The normalized spacial score (nSPS) is 10.4. The molecule has 0 aliphatic carbocycles. The second kappa shape index (κ2) is 10.1. The van der Waals surface area contributed by atoms with Gasteiger partial charge in [0.05, 0.1) is 12.2 Å². The number of hydrogen-bond donors (Lipinski definition) is 1. The fraction of sp³-hybridized carbons (Fsp3) is 0.150. The average molecular weight is 388 g/mol. The van der Waals surface area contributed by atoms with Gasteiger partial charge in [0.1, 0.15) is 0 Å². The van der Waals surface area contributed by atoms with E-state index in [1.807, 2.05) is 0 Å². The Balaban J connectivity index is 1.80. The van der Waals surface area contributed by atoms with E-state index in [2.05, 4.69) is 5.32 Å². The first-order chi connectivity index (χ1) is 13.0. The standard InChI is InChI=1S/C20H18ClNO5/c1-2-26-20(25)15-7-9-17(10-8-15)22-18(23)13-27-19(24)11-6-14-4-3-5-16(21)12-14/h3-12H,2,13H2,1H3,(H,22,23)/b11-6+. The van der Waals surface area contributed by atoms with Gasteiger partial charge >= 0.3 is 11.9 Å². The summed E-state index contributed by atoms with van der Waals surface area (Å²) in [5.41, 5.74) is 1.59. The average Bonchev–Trinajstić information content (AvgIpc) is 2.65. The van der Waals surface area contributed by atoms with Gasteiger partial charge in [0.15, 0.2) is 6.61 Å². The van der Waals surface area contributed by atoms with Crippen molar-refractivity contribution in [3.05, 3.63) is 70.8 Å². The van der Waals surface area contributed by atoms with E-state index in [0.717, 1.165) is 5.56 Å². The molecule has 0 unspecified atom stereocenters. The number of ether oxygens (including phenoxy) is 2. The number of carbonyl (C=O) groups excluding carboxylic acids is 3. The molecule has 6 nitrogen and oxygen atoms in total. The zero-order valence-corrected chi connectivity index (χ0v) is 15.4. The topological polar surface area (TPSA) is 81.7 Å². The van der Waals surface area contributed by atoms with E-state index >= 15 is 0 Å². The molecule has 2 aromatic rings. The Bertz CT molecular complexity index is 846. The molecule has 2 aromatic carbocycles. The van der Waals surface area contributed by atoms with Crippen LogP contribution in [0.25, 0.3) is 6.08 Å². The molecule has 0 spiro atoms. The molecular formula is C20H18ClNO5. The maximum absolute atomic E-state index is 11.8. The van der Waals surface area contributed by atoms with Crippen LogP contribution >= 0.6 is 11.6 Å². The second-order valence-corrected chi connectivity index (χ2v) is 5.78. The highest BCUT2D eigenvalue weighted by atomic mass is 35.5. The maximum atomic E-state index is 11.8. The number of nitrogens with one attached hydrogen (secondary N) is 1. The molecule has 0 atom stereocenters. The molecule has 7 heteroatoms. The lowest BCUT2D eigenvalue weighted by Gasteiger charge is -2.06. The van der Waals surface area contributed by atoms with Crippen LogP contribution in [0.4, 0.5) is 5.69 Å². The molecule has 0 heterocycles. The third kappa shape index (κ3) is 6.95. The first kappa shape index (κ1) is 20.2. The van der Waals surface area contributed by atoms with Crippen molar-refractivity contribution in [1.29, 1.82) is 0 Å². The Labute approximate surface area is 161 Å². The molecule has 0 fully saturated rings. The summed E-state index contributed by atoms with van der Waals surface area (Å²) < 4.78 is 9.75. The lowest BCUT2D eigenvalue weighted by atomic mass is 10.2. The monoisotopic (exact) mass is 387 g/mol. The van der Waals surface area contributed by atoms with Crippen LogP contribution in [0.1, 0.15) is 22.8 Å². The van der Waals surface area contributed by atoms with Gasteiger partial charge in [0.2, 0.25) is 0 Å². The quantitative estimate of drug-likeness (QED) is 0.578. The molecule has 0 radical (unpaired) electrons. The molecule has 0 aromatic heterocycles. The minimum atomic E-state index is -0.650. The number of benzene rings is 2. The maximum Gasteiger partial charge on any atom is 0.338 e. The third-order valence-corrected chi connectivity index (χ3v) is 3.52. The number of hydrogen-bond acceptors (Lipinski definition) is 5. The summed E-state index contributed by atoms with van der Waals surface area (Å²) in [6.07, 6.45) is 2.76. The largest absolute Gasteiger partial charge is 0.462 e. The summed E-state index contributed by atoms with van der Waals surface area (Å²) in [4.78, 5) is 35.1. The van der Waals surface area contributed by atoms with Gasteiger partial charge in [-0.05, 0) is 55.0 Å². The van der Waals surface area contributed by atoms with Crippen LogP contribution in [0.3, 0.4) is 0 Å². The molecular weight excluding hydrogens is 370 g/mol. The van der Waals surface area contributed by atoms with E-state index < -0.39 is 24.5 Å². The lowest BCUT2D eigenvalue weighted by Crippen LogP contribution is -2.20. The van der Waals surface area contributed by atoms with Gasteiger partial charge < -0.3 is 14.8 Å². The van der Waals surface area contributed by atoms with Crippen molar-refractivity contribution in [2.75, 3.05) is 18.5 Å². The fourth-order valence-electron chi connectivity index (χ4n) is 2.06. The van der Waals surface area contributed by atoms with Gasteiger partial charge in [-0.15, -0.1) is 0 Å². The first-order valence-corrected chi connectivity index (χ1v) is 8.53. The van der Waals surface area contributed by atoms with Crippen LogP contribution in [0.2, 0.25) is 5.02 Å². The number of carbonyl (C=O) groups is 3. The molecule has 1 amide bonds. The summed E-state index contributed by atoms with van der Waals surface area (Å²) in [5.74, 6) is -1.58. The molecule has 0 aliphatic heterocycles. The van der Waals surface area contributed by atoms with Crippen LogP contribution in [0.5, 0.6) is 0 Å². The van der Waals surface area contributed by atoms with Crippen molar-refractivity contribution < 1.29 is 23.9 Å². The molecule has 2 rings (SSSR count). The zero-order valence-electron chi connectivity index (χ0n) is 14.6. The van der Waals surface area contributed by atoms with E-state index in [1.54, 1.807) is 49.4 Å². The Morgan fingerprint density at radius 3 is 2.48 bits per heavy atom. The predicted octanol–water partition coefficient (Wildman–Crippen LogP) is 3.71. The van der Waals surface area contributed by atoms with Crippen LogP contribution in [0.15, 0.2) is 54.6 Å². The Morgan fingerprint density at radius 2 is 1.81 bits per heavy atom. The molecule has 0 saturated heterocycles. The zero-order chi connectivity index (χ0) is 19.6. The summed E-state index contributed by atoms with van der Waals surface area (Å²) in [6.45, 7) is 1.57. The van der Waals surface area contributed by atoms with Gasteiger partial charge in [-0.25, -0.2) is 9.59 Å². The molecule has 140 valence electrons. The molecule has 1 N–H and O–H groups in total. The van der Waals surface area contributed by atoms with E-state index in [9.17, 15) is 14.4 Å². The van der Waals surface area contributed by atoms with E-state index in [1.165, 1.54) is 18.2 Å². The minimum Gasteiger partial charge on any atom is -0.462 e. The first-order valence-electron chi connectivity index (χ1n) is 8.15.